The van der Waals surface area contributed by atoms with Crippen molar-refractivity contribution in [1.29, 1.82) is 0 Å². The molecule has 0 spiro atoms. The van der Waals surface area contributed by atoms with Crippen molar-refractivity contribution in [2.45, 2.75) is 151 Å². The number of hydrogen-bond donors (Lipinski definition) is 1. The standard InChI is InChI=1S/C26H53NO.C2H6O4S/c1-6-26(4,5)22-19-23-27-25(28)21-18-16-14-12-10-8-7-9-11-13-15-17-20-24(2)3;1-2-6-7(3,4)5/h24H,6-23H2,1-5H3,(H,27,28);2H2,1H3,(H,3,4,5)/p-1. The van der Waals surface area contributed by atoms with Gasteiger partial charge in [0.25, 0.3) is 0 Å². The summed E-state index contributed by atoms with van der Waals surface area (Å²) in [7, 11) is -4.42. The van der Waals surface area contributed by atoms with Crippen LogP contribution in [0.1, 0.15) is 151 Å². The van der Waals surface area contributed by atoms with Crippen molar-refractivity contribution in [2.75, 3.05) is 13.2 Å². The zero-order valence-corrected chi connectivity index (χ0v) is 24.8. The fourth-order valence-corrected chi connectivity index (χ4v) is 4.10. The summed E-state index contributed by atoms with van der Waals surface area (Å²) in [5.74, 6) is 1.13. The summed E-state index contributed by atoms with van der Waals surface area (Å²) in [6.07, 6.45) is 21.9. The Morgan fingerprint density at radius 3 is 1.66 bits per heavy atom. The second-order valence-electron chi connectivity index (χ2n) is 11.0. The minimum atomic E-state index is -4.42. The van der Waals surface area contributed by atoms with E-state index in [0.717, 1.165) is 25.3 Å². The molecule has 0 heterocycles. The third-order valence-electron chi connectivity index (χ3n) is 6.51. The normalized spacial score (nSPS) is 11.9. The molecular formula is C28H58NO5S-. The Hall–Kier alpha value is -0.660. The highest BCUT2D eigenvalue weighted by Gasteiger charge is 2.14. The van der Waals surface area contributed by atoms with Gasteiger partial charge < -0.3 is 9.87 Å². The maximum absolute atomic E-state index is 11.9. The van der Waals surface area contributed by atoms with E-state index < -0.39 is 10.4 Å². The van der Waals surface area contributed by atoms with Gasteiger partial charge in [0, 0.05) is 13.0 Å². The first kappa shape index (κ1) is 36.5. The molecule has 1 N–H and O–H groups in total. The second kappa shape index (κ2) is 23.7. The zero-order valence-electron chi connectivity index (χ0n) is 24.0. The van der Waals surface area contributed by atoms with Gasteiger partial charge in [-0.2, -0.15) is 0 Å². The number of nitrogens with one attached hydrogen (secondary N) is 1. The SMILES string of the molecule is CCC(C)(C)CCCNC(=O)CCCCCCCCCCCCCCC(C)C.CCOS(=O)(=O)[O-]. The Kier molecular flexibility index (Phi) is 24.7. The lowest BCUT2D eigenvalue weighted by molar-refractivity contribution is -0.121. The maximum Gasteiger partial charge on any atom is 0.219 e. The van der Waals surface area contributed by atoms with E-state index in [4.69, 9.17) is 0 Å². The van der Waals surface area contributed by atoms with E-state index in [2.05, 4.69) is 44.1 Å². The molecule has 0 bridgehead atoms. The molecule has 0 atom stereocenters. The van der Waals surface area contributed by atoms with Crippen LogP contribution in [0.5, 0.6) is 0 Å². The van der Waals surface area contributed by atoms with Crippen molar-refractivity contribution in [3.05, 3.63) is 0 Å². The first-order chi connectivity index (χ1) is 16.4. The van der Waals surface area contributed by atoms with E-state index in [1.54, 1.807) is 0 Å². The van der Waals surface area contributed by atoms with Crippen LogP contribution in [0.3, 0.4) is 0 Å². The van der Waals surface area contributed by atoms with Gasteiger partial charge in [-0.05, 0) is 37.5 Å². The highest BCUT2D eigenvalue weighted by atomic mass is 32.3. The largest absolute Gasteiger partial charge is 0.726 e. The molecule has 0 aromatic heterocycles. The summed E-state index contributed by atoms with van der Waals surface area (Å²) in [4.78, 5) is 11.9. The molecule has 1 amide bonds. The maximum atomic E-state index is 11.9. The first-order valence-electron chi connectivity index (χ1n) is 14.3. The van der Waals surface area contributed by atoms with Crippen molar-refractivity contribution in [3.63, 3.8) is 0 Å². The molecule has 212 valence electrons. The molecule has 0 aliphatic carbocycles. The lowest BCUT2D eigenvalue weighted by Crippen LogP contribution is -2.25. The van der Waals surface area contributed by atoms with E-state index in [9.17, 15) is 17.8 Å². The summed E-state index contributed by atoms with van der Waals surface area (Å²) < 4.78 is 32.0. The van der Waals surface area contributed by atoms with Crippen molar-refractivity contribution < 1.29 is 21.9 Å². The average molecular weight is 521 g/mol. The Balaban J connectivity index is 0. The third-order valence-corrected chi connectivity index (χ3v) is 7.03. The van der Waals surface area contributed by atoms with E-state index in [1.165, 1.54) is 96.8 Å². The van der Waals surface area contributed by atoms with Gasteiger partial charge in [0.1, 0.15) is 0 Å². The van der Waals surface area contributed by atoms with Gasteiger partial charge in [-0.15, -0.1) is 0 Å². The number of unbranched alkanes of at least 4 members (excludes halogenated alkanes) is 11. The average Bonchev–Trinajstić information content (AvgIpc) is 2.76. The molecule has 0 radical (unpaired) electrons. The molecule has 35 heavy (non-hydrogen) atoms. The predicted molar refractivity (Wildman–Crippen MR) is 147 cm³/mol. The molecule has 6 nitrogen and oxygen atoms in total. The number of hydrogen-bond acceptors (Lipinski definition) is 5. The molecule has 0 fully saturated rings. The third kappa shape index (κ3) is 33.3. The Morgan fingerprint density at radius 2 is 1.29 bits per heavy atom. The van der Waals surface area contributed by atoms with E-state index in [0.29, 0.717) is 11.8 Å². The zero-order chi connectivity index (χ0) is 27.0. The van der Waals surface area contributed by atoms with Gasteiger partial charge in [-0.25, -0.2) is 8.42 Å². The lowest BCUT2D eigenvalue weighted by atomic mass is 9.85. The molecule has 0 rings (SSSR count). The van der Waals surface area contributed by atoms with Gasteiger partial charge in [0.15, 0.2) is 0 Å². The molecule has 0 saturated carbocycles. The van der Waals surface area contributed by atoms with Crippen LogP contribution in [0.2, 0.25) is 0 Å². The molecular weight excluding hydrogens is 462 g/mol. The van der Waals surface area contributed by atoms with Crippen LogP contribution in [0, 0.1) is 11.3 Å². The van der Waals surface area contributed by atoms with E-state index >= 15 is 0 Å². The quantitative estimate of drug-likeness (QED) is 0.0888. The van der Waals surface area contributed by atoms with Crippen LogP contribution in [0.15, 0.2) is 0 Å². The molecule has 7 heteroatoms. The first-order valence-corrected chi connectivity index (χ1v) is 15.6. The molecule has 0 saturated heterocycles. The second-order valence-corrected chi connectivity index (χ2v) is 12.0. The molecule has 0 aliphatic rings. The number of amides is 1. The Labute approximate surface area is 218 Å². The van der Waals surface area contributed by atoms with Gasteiger partial charge >= 0.3 is 0 Å². The van der Waals surface area contributed by atoms with Crippen molar-refractivity contribution in [2.24, 2.45) is 11.3 Å². The van der Waals surface area contributed by atoms with Crippen LogP contribution in [0.25, 0.3) is 0 Å². The van der Waals surface area contributed by atoms with Crippen LogP contribution in [0.4, 0.5) is 0 Å². The monoisotopic (exact) mass is 520 g/mol. The van der Waals surface area contributed by atoms with Gasteiger partial charge in [-0.3, -0.25) is 8.98 Å². The van der Waals surface area contributed by atoms with E-state index in [1.807, 2.05) is 0 Å². The predicted octanol–water partition coefficient (Wildman–Crippen LogP) is 7.92. The topological polar surface area (TPSA) is 95.5 Å². The van der Waals surface area contributed by atoms with Gasteiger partial charge in [-0.1, -0.05) is 118 Å². The van der Waals surface area contributed by atoms with Crippen LogP contribution < -0.4 is 5.32 Å². The van der Waals surface area contributed by atoms with Crippen molar-refractivity contribution in [3.8, 4) is 0 Å². The van der Waals surface area contributed by atoms with Crippen LogP contribution in [-0.2, 0) is 19.4 Å². The molecule has 0 aromatic carbocycles. The Morgan fingerprint density at radius 1 is 0.829 bits per heavy atom. The molecule has 0 unspecified atom stereocenters. The summed E-state index contributed by atoms with van der Waals surface area (Å²) in [6.45, 7) is 13.7. The van der Waals surface area contributed by atoms with Gasteiger partial charge in [0.2, 0.25) is 16.3 Å². The van der Waals surface area contributed by atoms with Gasteiger partial charge in [0.05, 0.1) is 6.61 Å². The minimum absolute atomic E-state index is 0.0914. The summed E-state index contributed by atoms with van der Waals surface area (Å²) in [5.41, 5.74) is 0.415. The van der Waals surface area contributed by atoms with Crippen molar-refractivity contribution in [1.82, 2.24) is 5.32 Å². The molecule has 0 aromatic rings. The summed E-state index contributed by atoms with van der Waals surface area (Å²) in [6, 6.07) is 0. The number of carbonyl (C=O) groups excluding carboxylic acids is 1. The fourth-order valence-electron chi connectivity index (χ4n) is 3.81. The summed E-state index contributed by atoms with van der Waals surface area (Å²) >= 11 is 0. The smallest absolute Gasteiger partial charge is 0.219 e. The Bertz CT molecular complexity index is 576. The lowest BCUT2D eigenvalue weighted by Gasteiger charge is -2.22. The van der Waals surface area contributed by atoms with E-state index in [-0.39, 0.29) is 12.5 Å². The van der Waals surface area contributed by atoms with Crippen LogP contribution >= 0.6 is 0 Å². The summed E-state index contributed by atoms with van der Waals surface area (Å²) in [5, 5.41) is 3.09. The number of rotatable bonds is 22. The highest BCUT2D eigenvalue weighted by Crippen LogP contribution is 2.25. The highest BCUT2D eigenvalue weighted by molar-refractivity contribution is 7.80. The van der Waals surface area contributed by atoms with Crippen LogP contribution in [-0.4, -0.2) is 32.0 Å². The van der Waals surface area contributed by atoms with Crippen molar-refractivity contribution >= 4 is 16.3 Å². The molecule has 0 aliphatic heterocycles. The fraction of sp³-hybridized carbons (Fsp3) is 0.964. The number of carbonyl (C=O) groups is 1. The minimum Gasteiger partial charge on any atom is -0.726 e.